The van der Waals surface area contributed by atoms with Gasteiger partial charge in [-0.25, -0.2) is 10.8 Å². The number of hydrazine groups is 1. The zero-order chi connectivity index (χ0) is 18.6. The average Bonchev–Trinajstić information content (AvgIpc) is 2.72. The topological polar surface area (TPSA) is 51.4 Å². The Kier molecular flexibility index (Phi) is 4.92. The minimum absolute atomic E-state index is 0.410. The van der Waals surface area contributed by atoms with E-state index < -0.39 is 0 Å². The van der Waals surface area contributed by atoms with Crippen LogP contribution in [0, 0.1) is 0 Å². The lowest BCUT2D eigenvalue weighted by Gasteiger charge is -2.19. The molecule has 0 amide bonds. The van der Waals surface area contributed by atoms with Crippen LogP contribution in [0.2, 0.25) is 5.02 Å². The van der Waals surface area contributed by atoms with Crippen LogP contribution in [0.15, 0.2) is 84.9 Å². The lowest BCUT2D eigenvalue weighted by Crippen LogP contribution is -2.24. The first-order valence-electron chi connectivity index (χ1n) is 8.57. The molecule has 5 heteroatoms. The van der Waals surface area contributed by atoms with Crippen LogP contribution in [0.5, 0.6) is 5.75 Å². The summed E-state index contributed by atoms with van der Waals surface area (Å²) in [6.45, 7) is 0.410. The van der Waals surface area contributed by atoms with Gasteiger partial charge >= 0.3 is 0 Å². The summed E-state index contributed by atoms with van der Waals surface area (Å²) in [7, 11) is 0. The van der Waals surface area contributed by atoms with Crippen LogP contribution in [0.4, 0.5) is 11.4 Å². The summed E-state index contributed by atoms with van der Waals surface area (Å²) in [5, 5.41) is 3.40. The molecular weight excluding hydrogens is 358 g/mol. The van der Waals surface area contributed by atoms with E-state index in [0.717, 1.165) is 33.7 Å². The first kappa shape index (κ1) is 17.3. The lowest BCUT2D eigenvalue weighted by atomic mass is 10.2. The van der Waals surface area contributed by atoms with E-state index in [1.807, 2.05) is 78.9 Å². The molecule has 0 radical (unpaired) electrons. The summed E-state index contributed by atoms with van der Waals surface area (Å²) < 4.78 is 5.86. The number of halogens is 1. The van der Waals surface area contributed by atoms with Gasteiger partial charge in [-0.2, -0.15) is 0 Å². The largest absolute Gasteiger partial charge is 0.487 e. The Hall–Kier alpha value is -3.08. The molecule has 0 bridgehead atoms. The molecular formula is C22H18ClN3O. The molecule has 1 heterocycles. The lowest BCUT2D eigenvalue weighted by molar-refractivity contribution is 0.302. The quantitative estimate of drug-likeness (QED) is 0.370. The molecule has 0 saturated heterocycles. The summed E-state index contributed by atoms with van der Waals surface area (Å²) in [4.78, 5) is 4.62. The normalized spacial score (nSPS) is 10.7. The standard InChI is InChI=1S/C22H18ClN3O/c23-17-6-9-19(10-7-17)26(24)20-11-13-21(14-12-20)27-15-18-8-5-16-3-1-2-4-22(16)25-18/h1-14H,15,24H2. The highest BCUT2D eigenvalue weighted by Gasteiger charge is 2.06. The van der Waals surface area contributed by atoms with Crippen LogP contribution in [-0.2, 0) is 6.61 Å². The van der Waals surface area contributed by atoms with Gasteiger partial charge in [0.15, 0.2) is 0 Å². The van der Waals surface area contributed by atoms with Gasteiger partial charge in [0.25, 0.3) is 0 Å². The molecule has 0 fully saturated rings. The predicted molar refractivity (Wildman–Crippen MR) is 110 cm³/mol. The highest BCUT2D eigenvalue weighted by molar-refractivity contribution is 6.30. The van der Waals surface area contributed by atoms with E-state index in [1.165, 1.54) is 0 Å². The molecule has 3 aromatic carbocycles. The maximum atomic E-state index is 6.17. The third-order valence-electron chi connectivity index (χ3n) is 4.26. The van der Waals surface area contributed by atoms with Gasteiger partial charge in [-0.1, -0.05) is 35.9 Å². The highest BCUT2D eigenvalue weighted by atomic mass is 35.5. The summed E-state index contributed by atoms with van der Waals surface area (Å²) in [6.07, 6.45) is 0. The van der Waals surface area contributed by atoms with Crippen molar-refractivity contribution in [2.45, 2.75) is 6.61 Å². The first-order valence-corrected chi connectivity index (χ1v) is 8.95. The van der Waals surface area contributed by atoms with Gasteiger partial charge in [0, 0.05) is 10.4 Å². The smallest absolute Gasteiger partial charge is 0.130 e. The molecule has 4 rings (SSSR count). The number of pyridine rings is 1. The minimum Gasteiger partial charge on any atom is -0.487 e. The zero-order valence-corrected chi connectivity index (χ0v) is 15.3. The van der Waals surface area contributed by atoms with E-state index in [2.05, 4.69) is 11.1 Å². The van der Waals surface area contributed by atoms with Crippen molar-refractivity contribution in [3.8, 4) is 5.75 Å². The third kappa shape index (κ3) is 4.03. The molecule has 1 aromatic heterocycles. The summed E-state index contributed by atoms with van der Waals surface area (Å²) in [5.74, 6) is 6.94. The number of ether oxygens (including phenoxy) is 1. The Morgan fingerprint density at radius 2 is 1.48 bits per heavy atom. The van der Waals surface area contributed by atoms with E-state index in [1.54, 1.807) is 5.01 Å². The molecule has 2 N–H and O–H groups in total. The van der Waals surface area contributed by atoms with Crippen molar-refractivity contribution in [3.05, 3.63) is 95.6 Å². The first-order chi connectivity index (χ1) is 13.2. The van der Waals surface area contributed by atoms with Crippen molar-refractivity contribution in [1.29, 1.82) is 0 Å². The molecule has 4 aromatic rings. The molecule has 0 atom stereocenters. The van der Waals surface area contributed by atoms with Crippen LogP contribution >= 0.6 is 11.6 Å². The SMILES string of the molecule is NN(c1ccc(Cl)cc1)c1ccc(OCc2ccc3ccccc3n2)cc1. The van der Waals surface area contributed by atoms with Gasteiger partial charge in [0.2, 0.25) is 0 Å². The number of hydrogen-bond acceptors (Lipinski definition) is 4. The van der Waals surface area contributed by atoms with Crippen LogP contribution in [0.1, 0.15) is 5.69 Å². The maximum absolute atomic E-state index is 6.17. The monoisotopic (exact) mass is 375 g/mol. The van der Waals surface area contributed by atoms with Gasteiger partial charge in [0.1, 0.15) is 12.4 Å². The van der Waals surface area contributed by atoms with Gasteiger partial charge in [-0.15, -0.1) is 0 Å². The Labute approximate surface area is 162 Å². The van der Waals surface area contributed by atoms with Gasteiger partial charge in [-0.3, -0.25) is 5.01 Å². The minimum atomic E-state index is 0.410. The number of hydrogen-bond donors (Lipinski definition) is 1. The van der Waals surface area contributed by atoms with Crippen LogP contribution in [-0.4, -0.2) is 4.98 Å². The maximum Gasteiger partial charge on any atom is 0.130 e. The fourth-order valence-electron chi connectivity index (χ4n) is 2.80. The number of para-hydroxylation sites is 1. The number of nitrogens with zero attached hydrogens (tertiary/aromatic N) is 2. The van der Waals surface area contributed by atoms with Gasteiger partial charge in [0.05, 0.1) is 22.6 Å². The number of aromatic nitrogens is 1. The van der Waals surface area contributed by atoms with E-state index in [9.17, 15) is 0 Å². The number of anilines is 2. The van der Waals surface area contributed by atoms with Crippen molar-refractivity contribution >= 4 is 33.9 Å². The summed E-state index contributed by atoms with van der Waals surface area (Å²) in [6, 6.07) is 27.1. The van der Waals surface area contributed by atoms with E-state index in [-0.39, 0.29) is 0 Å². The molecule has 0 aliphatic rings. The number of fused-ring (bicyclic) bond motifs is 1. The Morgan fingerprint density at radius 3 is 2.22 bits per heavy atom. The third-order valence-corrected chi connectivity index (χ3v) is 4.51. The number of benzene rings is 3. The van der Waals surface area contributed by atoms with Crippen molar-refractivity contribution in [1.82, 2.24) is 4.98 Å². The number of rotatable bonds is 5. The average molecular weight is 376 g/mol. The molecule has 4 nitrogen and oxygen atoms in total. The molecule has 0 unspecified atom stereocenters. The van der Waals surface area contributed by atoms with Crippen LogP contribution in [0.3, 0.4) is 0 Å². The fourth-order valence-corrected chi connectivity index (χ4v) is 2.93. The van der Waals surface area contributed by atoms with Crippen molar-refractivity contribution < 1.29 is 4.74 Å². The van der Waals surface area contributed by atoms with Crippen molar-refractivity contribution in [3.63, 3.8) is 0 Å². The second-order valence-electron chi connectivity index (χ2n) is 6.12. The van der Waals surface area contributed by atoms with Gasteiger partial charge < -0.3 is 4.74 Å². The Morgan fingerprint density at radius 1 is 0.815 bits per heavy atom. The van der Waals surface area contributed by atoms with E-state index >= 15 is 0 Å². The Bertz CT molecular complexity index is 1050. The highest BCUT2D eigenvalue weighted by Crippen LogP contribution is 2.25. The molecule has 27 heavy (non-hydrogen) atoms. The van der Waals surface area contributed by atoms with E-state index in [4.69, 9.17) is 22.2 Å². The van der Waals surface area contributed by atoms with Crippen LogP contribution < -0.4 is 15.6 Å². The Balaban J connectivity index is 1.43. The summed E-state index contributed by atoms with van der Waals surface area (Å²) >= 11 is 5.92. The predicted octanol–water partition coefficient (Wildman–Crippen LogP) is 5.48. The molecule has 134 valence electrons. The summed E-state index contributed by atoms with van der Waals surface area (Å²) in [5.41, 5.74) is 3.57. The molecule has 0 saturated carbocycles. The molecule has 0 aliphatic carbocycles. The zero-order valence-electron chi connectivity index (χ0n) is 14.5. The fraction of sp³-hybridized carbons (Fsp3) is 0.0455. The molecule has 0 spiro atoms. The van der Waals surface area contributed by atoms with E-state index in [0.29, 0.717) is 11.6 Å². The van der Waals surface area contributed by atoms with Gasteiger partial charge in [-0.05, 0) is 60.7 Å². The molecule has 0 aliphatic heterocycles. The number of nitrogens with two attached hydrogens (primary N) is 1. The second kappa shape index (κ2) is 7.66. The van der Waals surface area contributed by atoms with Crippen molar-refractivity contribution in [2.75, 3.05) is 5.01 Å². The van der Waals surface area contributed by atoms with Crippen molar-refractivity contribution in [2.24, 2.45) is 5.84 Å². The van der Waals surface area contributed by atoms with Crippen LogP contribution in [0.25, 0.3) is 10.9 Å². The second-order valence-corrected chi connectivity index (χ2v) is 6.56.